The number of amides is 3. The molecule has 1 aliphatic rings. The Kier molecular flexibility index (Phi) is 4.05. The van der Waals surface area contributed by atoms with Crippen LogP contribution in [0.2, 0.25) is 5.02 Å². The van der Waals surface area contributed by atoms with E-state index >= 15 is 0 Å². The SMILES string of the molecule is CCC(=O)Nc1ccc(-n2c(N)c3c(cc2=O)C(=O)NC3=O)cc1Cl. The van der Waals surface area contributed by atoms with Crippen LogP contribution in [0.3, 0.4) is 0 Å². The van der Waals surface area contributed by atoms with Crippen LogP contribution >= 0.6 is 11.6 Å². The second kappa shape index (κ2) is 6.06. The quantitative estimate of drug-likeness (QED) is 0.712. The number of pyridine rings is 1. The van der Waals surface area contributed by atoms with Gasteiger partial charge in [-0.2, -0.15) is 0 Å². The number of nitrogen functional groups attached to an aromatic ring is 1. The number of nitrogens with two attached hydrogens (primary N) is 1. The van der Waals surface area contributed by atoms with E-state index in [1.165, 1.54) is 18.2 Å². The normalized spacial score (nSPS) is 12.7. The number of fused-ring (bicyclic) bond motifs is 1. The summed E-state index contributed by atoms with van der Waals surface area (Å²) < 4.78 is 1.08. The summed E-state index contributed by atoms with van der Waals surface area (Å²) in [6, 6.07) is 5.53. The number of hydrogen-bond acceptors (Lipinski definition) is 5. The van der Waals surface area contributed by atoms with Gasteiger partial charge in [0.2, 0.25) is 5.91 Å². The topological polar surface area (TPSA) is 123 Å². The molecule has 2 aromatic rings. The molecule has 0 saturated heterocycles. The Morgan fingerprint density at radius 1 is 1.24 bits per heavy atom. The minimum absolute atomic E-state index is 0.0518. The summed E-state index contributed by atoms with van der Waals surface area (Å²) >= 11 is 6.15. The van der Waals surface area contributed by atoms with Crippen LogP contribution in [-0.2, 0) is 4.79 Å². The highest BCUT2D eigenvalue weighted by atomic mass is 35.5. The van der Waals surface area contributed by atoms with E-state index in [1.807, 2.05) is 0 Å². The summed E-state index contributed by atoms with van der Waals surface area (Å²) in [6.45, 7) is 1.70. The monoisotopic (exact) mass is 360 g/mol. The Morgan fingerprint density at radius 3 is 2.60 bits per heavy atom. The van der Waals surface area contributed by atoms with Crippen LogP contribution in [-0.4, -0.2) is 22.3 Å². The van der Waals surface area contributed by atoms with Gasteiger partial charge in [-0.15, -0.1) is 0 Å². The number of nitrogens with one attached hydrogen (secondary N) is 2. The van der Waals surface area contributed by atoms with E-state index in [0.717, 1.165) is 10.6 Å². The Morgan fingerprint density at radius 2 is 1.96 bits per heavy atom. The van der Waals surface area contributed by atoms with Gasteiger partial charge in [0, 0.05) is 12.5 Å². The van der Waals surface area contributed by atoms with Crippen LogP contribution in [0, 0.1) is 0 Å². The molecule has 4 N–H and O–H groups in total. The lowest BCUT2D eigenvalue weighted by Gasteiger charge is -2.13. The molecular weight excluding hydrogens is 348 g/mol. The van der Waals surface area contributed by atoms with E-state index in [0.29, 0.717) is 17.8 Å². The molecule has 0 unspecified atom stereocenters. The molecule has 0 aliphatic carbocycles. The first-order valence-electron chi connectivity index (χ1n) is 7.34. The van der Waals surface area contributed by atoms with E-state index in [1.54, 1.807) is 6.92 Å². The molecule has 128 valence electrons. The van der Waals surface area contributed by atoms with Gasteiger partial charge in [-0.05, 0) is 18.2 Å². The highest BCUT2D eigenvalue weighted by Crippen LogP contribution is 2.27. The average molecular weight is 361 g/mol. The number of anilines is 2. The van der Waals surface area contributed by atoms with E-state index in [-0.39, 0.29) is 27.9 Å². The van der Waals surface area contributed by atoms with Crippen LogP contribution in [0.5, 0.6) is 0 Å². The van der Waals surface area contributed by atoms with Gasteiger partial charge >= 0.3 is 0 Å². The summed E-state index contributed by atoms with van der Waals surface area (Å²) in [5.74, 6) is -1.69. The first-order chi connectivity index (χ1) is 11.8. The molecule has 1 aromatic heterocycles. The zero-order valence-corrected chi connectivity index (χ0v) is 13.8. The predicted octanol–water partition coefficient (Wildman–Crippen LogP) is 1.31. The van der Waals surface area contributed by atoms with Crippen LogP contribution < -0.4 is 21.9 Å². The highest BCUT2D eigenvalue weighted by Gasteiger charge is 2.31. The molecule has 25 heavy (non-hydrogen) atoms. The third-order valence-electron chi connectivity index (χ3n) is 3.76. The van der Waals surface area contributed by atoms with Crippen molar-refractivity contribution in [1.82, 2.24) is 9.88 Å². The van der Waals surface area contributed by atoms with Gasteiger partial charge in [0.1, 0.15) is 5.82 Å². The Bertz CT molecular complexity index is 996. The van der Waals surface area contributed by atoms with E-state index < -0.39 is 17.4 Å². The number of nitrogens with zero attached hydrogens (tertiary/aromatic N) is 1. The average Bonchev–Trinajstić information content (AvgIpc) is 2.84. The van der Waals surface area contributed by atoms with Crippen molar-refractivity contribution in [1.29, 1.82) is 0 Å². The van der Waals surface area contributed by atoms with Gasteiger partial charge in [0.15, 0.2) is 0 Å². The lowest BCUT2D eigenvalue weighted by Crippen LogP contribution is -2.24. The second-order valence-electron chi connectivity index (χ2n) is 5.34. The number of imide groups is 1. The standard InChI is InChI=1S/C16H13ClN4O4/c1-2-11(22)19-10-4-3-7(5-9(10)17)21-12(23)6-8-13(14(21)18)16(25)20-15(8)24/h3-6H,2,18H2,1H3,(H,19,22)(H,20,24,25). The lowest BCUT2D eigenvalue weighted by molar-refractivity contribution is -0.115. The number of carbonyl (C=O) groups excluding carboxylic acids is 3. The molecule has 0 spiro atoms. The van der Waals surface area contributed by atoms with Gasteiger partial charge in [-0.25, -0.2) is 0 Å². The predicted molar refractivity (Wildman–Crippen MR) is 92.2 cm³/mol. The molecule has 1 aliphatic heterocycles. The molecule has 3 rings (SSSR count). The fraction of sp³-hybridized carbons (Fsp3) is 0.125. The molecule has 0 saturated carbocycles. The summed E-state index contributed by atoms with van der Waals surface area (Å²) in [7, 11) is 0. The second-order valence-corrected chi connectivity index (χ2v) is 5.75. The molecule has 9 heteroatoms. The maximum absolute atomic E-state index is 12.4. The van der Waals surface area contributed by atoms with Gasteiger partial charge in [0.05, 0.1) is 27.5 Å². The minimum atomic E-state index is -0.663. The van der Waals surface area contributed by atoms with Crippen molar-refractivity contribution in [3.63, 3.8) is 0 Å². The molecule has 0 fully saturated rings. The zero-order chi connectivity index (χ0) is 18.3. The highest BCUT2D eigenvalue weighted by molar-refractivity contribution is 6.34. The first kappa shape index (κ1) is 16.7. The van der Waals surface area contributed by atoms with Gasteiger partial charge in [0.25, 0.3) is 17.4 Å². The van der Waals surface area contributed by atoms with Crippen LogP contribution in [0.25, 0.3) is 5.69 Å². The summed E-state index contributed by atoms with van der Waals surface area (Å²) in [4.78, 5) is 47.3. The molecule has 0 radical (unpaired) electrons. The van der Waals surface area contributed by atoms with Gasteiger partial charge < -0.3 is 11.1 Å². The summed E-state index contributed by atoms with van der Waals surface area (Å²) in [6.07, 6.45) is 0.290. The third-order valence-corrected chi connectivity index (χ3v) is 4.07. The first-order valence-corrected chi connectivity index (χ1v) is 7.72. The number of rotatable bonds is 3. The smallest absolute Gasteiger partial charge is 0.262 e. The summed E-state index contributed by atoms with van der Waals surface area (Å²) in [5.41, 5.74) is 5.95. The molecule has 0 bridgehead atoms. The Balaban J connectivity index is 2.12. The Labute approximate surface area is 146 Å². The molecular formula is C16H13ClN4O4. The Hall–Kier alpha value is -3.13. The zero-order valence-electron chi connectivity index (χ0n) is 13.1. The number of aromatic nitrogens is 1. The van der Waals surface area contributed by atoms with Crippen molar-refractivity contribution < 1.29 is 14.4 Å². The lowest BCUT2D eigenvalue weighted by atomic mass is 10.1. The fourth-order valence-electron chi connectivity index (χ4n) is 2.53. The van der Waals surface area contributed by atoms with Crippen LogP contribution in [0.1, 0.15) is 34.1 Å². The van der Waals surface area contributed by atoms with E-state index in [4.69, 9.17) is 17.3 Å². The fourth-order valence-corrected chi connectivity index (χ4v) is 2.75. The maximum Gasteiger partial charge on any atom is 0.262 e. The molecule has 1 aromatic carbocycles. The van der Waals surface area contributed by atoms with E-state index in [2.05, 4.69) is 10.6 Å². The van der Waals surface area contributed by atoms with Crippen LogP contribution in [0.15, 0.2) is 29.1 Å². The number of hydrogen-bond donors (Lipinski definition) is 3. The molecule has 8 nitrogen and oxygen atoms in total. The van der Waals surface area contributed by atoms with Crippen molar-refractivity contribution in [3.05, 3.63) is 50.8 Å². The summed E-state index contributed by atoms with van der Waals surface area (Å²) in [5, 5.41) is 4.92. The van der Waals surface area contributed by atoms with Gasteiger partial charge in [-0.3, -0.25) is 29.1 Å². The third kappa shape index (κ3) is 2.76. The molecule has 3 amide bonds. The van der Waals surface area contributed by atoms with Crippen molar-refractivity contribution in [2.45, 2.75) is 13.3 Å². The van der Waals surface area contributed by atoms with Crippen LogP contribution in [0.4, 0.5) is 11.5 Å². The largest absolute Gasteiger partial charge is 0.384 e. The molecule has 2 heterocycles. The van der Waals surface area contributed by atoms with Crippen molar-refractivity contribution >= 4 is 40.8 Å². The number of halogens is 1. The van der Waals surface area contributed by atoms with Crippen molar-refractivity contribution in [2.24, 2.45) is 0 Å². The molecule has 0 atom stereocenters. The van der Waals surface area contributed by atoms with Crippen molar-refractivity contribution in [3.8, 4) is 5.69 Å². The van der Waals surface area contributed by atoms with Gasteiger partial charge in [-0.1, -0.05) is 18.5 Å². The maximum atomic E-state index is 12.4. The van der Waals surface area contributed by atoms with E-state index in [9.17, 15) is 19.2 Å². The number of benzene rings is 1. The minimum Gasteiger partial charge on any atom is -0.384 e. The van der Waals surface area contributed by atoms with Crippen molar-refractivity contribution in [2.75, 3.05) is 11.1 Å². The number of carbonyl (C=O) groups is 3.